The van der Waals surface area contributed by atoms with Crippen LogP contribution in [0, 0.1) is 0 Å². The molecule has 0 aliphatic carbocycles. The number of hydrogen-bond donors (Lipinski definition) is 0. The van der Waals surface area contributed by atoms with E-state index in [0.717, 1.165) is 108 Å². The van der Waals surface area contributed by atoms with Crippen molar-refractivity contribution in [3.8, 4) is 11.5 Å². The zero-order valence-corrected chi connectivity index (χ0v) is 19.3. The maximum absolute atomic E-state index is 6.24. The zero-order valence-electron chi connectivity index (χ0n) is 19.3. The number of morpholine rings is 2. The van der Waals surface area contributed by atoms with Gasteiger partial charge in [0.15, 0.2) is 17.1 Å². The van der Waals surface area contributed by atoms with E-state index >= 15 is 0 Å². The lowest BCUT2D eigenvalue weighted by Gasteiger charge is -2.27. The lowest BCUT2D eigenvalue weighted by atomic mass is 9.93. The van der Waals surface area contributed by atoms with Crippen molar-refractivity contribution in [2.24, 2.45) is 5.16 Å². The van der Waals surface area contributed by atoms with Gasteiger partial charge in [-0.25, -0.2) is 0 Å². The van der Waals surface area contributed by atoms with E-state index in [1.165, 1.54) is 0 Å². The molecule has 4 heterocycles. The highest BCUT2D eigenvalue weighted by Crippen LogP contribution is 2.36. The van der Waals surface area contributed by atoms with Crippen LogP contribution < -0.4 is 9.47 Å². The summed E-state index contributed by atoms with van der Waals surface area (Å²) >= 11 is 0. The van der Waals surface area contributed by atoms with E-state index in [2.05, 4.69) is 21.0 Å². The predicted octanol–water partition coefficient (Wildman–Crippen LogP) is 1.39. The van der Waals surface area contributed by atoms with Gasteiger partial charge >= 0.3 is 0 Å². The van der Waals surface area contributed by atoms with Crippen LogP contribution in [-0.2, 0) is 19.0 Å². The topological polar surface area (TPSA) is 74.2 Å². The average molecular weight is 462 g/mol. The van der Waals surface area contributed by atoms with Crippen LogP contribution in [0.15, 0.2) is 23.4 Å². The van der Waals surface area contributed by atoms with Gasteiger partial charge in [-0.15, -0.1) is 0 Å². The molecule has 33 heavy (non-hydrogen) atoms. The van der Waals surface area contributed by atoms with Gasteiger partial charge in [0.05, 0.1) is 45.4 Å². The van der Waals surface area contributed by atoms with Crippen molar-refractivity contribution in [3.63, 3.8) is 0 Å². The van der Waals surface area contributed by atoms with Crippen LogP contribution in [0.4, 0.5) is 0 Å². The summed E-state index contributed by atoms with van der Waals surface area (Å²) in [5.74, 6) is 1.53. The van der Waals surface area contributed by atoms with E-state index in [1.807, 2.05) is 12.1 Å². The Labute approximate surface area is 195 Å². The second kappa shape index (κ2) is 11.0. The third-order valence-electron chi connectivity index (χ3n) is 6.72. The van der Waals surface area contributed by atoms with Crippen LogP contribution in [0.5, 0.6) is 11.5 Å². The van der Waals surface area contributed by atoms with Crippen LogP contribution in [0.2, 0.25) is 0 Å². The quantitative estimate of drug-likeness (QED) is 0.546. The minimum atomic E-state index is -0.292. The predicted molar refractivity (Wildman–Crippen MR) is 122 cm³/mol. The van der Waals surface area contributed by atoms with Gasteiger partial charge in [-0.2, -0.15) is 0 Å². The Kier molecular flexibility index (Phi) is 7.63. The Hall–Kier alpha value is -1.91. The van der Waals surface area contributed by atoms with E-state index in [-0.39, 0.29) is 5.60 Å². The molecule has 0 radical (unpaired) electrons. The van der Waals surface area contributed by atoms with E-state index in [1.54, 1.807) is 0 Å². The van der Waals surface area contributed by atoms with Crippen molar-refractivity contribution in [3.05, 3.63) is 23.8 Å². The van der Waals surface area contributed by atoms with Crippen LogP contribution >= 0.6 is 0 Å². The van der Waals surface area contributed by atoms with Crippen molar-refractivity contribution in [2.45, 2.75) is 18.4 Å². The number of nitrogens with zero attached hydrogens (tertiary/aromatic N) is 3. The first-order valence-electron chi connectivity index (χ1n) is 12.1. The molecule has 1 atom stereocenters. The van der Waals surface area contributed by atoms with Gasteiger partial charge in [-0.05, 0) is 18.2 Å². The largest absolute Gasteiger partial charge is 0.488 e. The van der Waals surface area contributed by atoms with Gasteiger partial charge in [0.1, 0.15) is 13.2 Å². The maximum Gasteiger partial charge on any atom is 0.168 e. The lowest BCUT2D eigenvalue weighted by molar-refractivity contribution is -0.0237. The molecule has 1 aromatic rings. The Morgan fingerprint density at radius 3 is 2.12 bits per heavy atom. The third kappa shape index (κ3) is 5.96. The maximum atomic E-state index is 6.24. The molecule has 3 saturated heterocycles. The Morgan fingerprint density at radius 2 is 1.48 bits per heavy atom. The first-order valence-corrected chi connectivity index (χ1v) is 12.1. The van der Waals surface area contributed by atoms with Crippen LogP contribution in [-0.4, -0.2) is 113 Å². The fraction of sp³-hybridized carbons (Fsp3) is 0.708. The van der Waals surface area contributed by atoms with Gasteiger partial charge in [-0.3, -0.25) is 9.80 Å². The summed E-state index contributed by atoms with van der Waals surface area (Å²) in [6.45, 7) is 11.3. The molecule has 182 valence electrons. The third-order valence-corrected chi connectivity index (χ3v) is 6.72. The molecule has 1 spiro atoms. The van der Waals surface area contributed by atoms with Crippen molar-refractivity contribution in [1.82, 2.24) is 9.80 Å². The van der Waals surface area contributed by atoms with Crippen LogP contribution in [0.25, 0.3) is 0 Å². The smallest absolute Gasteiger partial charge is 0.168 e. The fourth-order valence-corrected chi connectivity index (χ4v) is 4.61. The van der Waals surface area contributed by atoms with Gasteiger partial charge in [0.25, 0.3) is 0 Å². The van der Waals surface area contributed by atoms with Crippen molar-refractivity contribution < 1.29 is 28.5 Å². The molecule has 0 amide bonds. The number of rotatable bonds is 9. The number of benzene rings is 1. The SMILES string of the molecule is c1cc(OCCN2CCOCC2)c(OCCN2CCOCC2)cc1C1=NOC2(CCOC2)C1. The summed E-state index contributed by atoms with van der Waals surface area (Å²) in [7, 11) is 0. The normalized spacial score (nSPS) is 26.4. The minimum absolute atomic E-state index is 0.292. The van der Waals surface area contributed by atoms with Crippen molar-refractivity contribution >= 4 is 5.71 Å². The van der Waals surface area contributed by atoms with Crippen LogP contribution in [0.1, 0.15) is 18.4 Å². The van der Waals surface area contributed by atoms with Gasteiger partial charge in [0, 0.05) is 57.7 Å². The van der Waals surface area contributed by atoms with Crippen molar-refractivity contribution in [1.29, 1.82) is 0 Å². The van der Waals surface area contributed by atoms with E-state index < -0.39 is 0 Å². The zero-order chi connectivity index (χ0) is 22.3. The average Bonchev–Trinajstić information content (AvgIpc) is 3.51. The fourth-order valence-electron chi connectivity index (χ4n) is 4.61. The monoisotopic (exact) mass is 461 g/mol. The lowest BCUT2D eigenvalue weighted by Crippen LogP contribution is -2.39. The van der Waals surface area contributed by atoms with E-state index in [4.69, 9.17) is 28.5 Å². The Bertz CT molecular complexity index is 801. The first-order chi connectivity index (χ1) is 16.3. The standard InChI is InChI=1S/C24H35N3O6/c1-2-22(31-15-8-26-4-11-28-12-5-26)23(32-16-9-27-6-13-29-14-7-27)17-20(1)21-18-24(33-25-21)3-10-30-19-24/h1-2,17H,3-16,18-19H2. The van der Waals surface area contributed by atoms with Gasteiger partial charge in [0.2, 0.25) is 0 Å². The highest BCUT2D eigenvalue weighted by Gasteiger charge is 2.43. The van der Waals surface area contributed by atoms with E-state index in [9.17, 15) is 0 Å². The molecule has 0 bridgehead atoms. The molecule has 5 rings (SSSR count). The molecule has 9 heteroatoms. The molecular formula is C24H35N3O6. The first kappa shape index (κ1) is 22.9. The highest BCUT2D eigenvalue weighted by atomic mass is 16.7. The number of oxime groups is 1. The minimum Gasteiger partial charge on any atom is -0.488 e. The summed E-state index contributed by atoms with van der Waals surface area (Å²) in [5.41, 5.74) is 1.67. The second-order valence-corrected chi connectivity index (χ2v) is 9.06. The highest BCUT2D eigenvalue weighted by molar-refractivity contribution is 6.02. The molecular weight excluding hydrogens is 426 g/mol. The summed E-state index contributed by atoms with van der Waals surface area (Å²) in [6, 6.07) is 6.09. The summed E-state index contributed by atoms with van der Waals surface area (Å²) in [5, 5.41) is 4.39. The molecule has 4 aliphatic heterocycles. The molecule has 1 unspecified atom stereocenters. The van der Waals surface area contributed by atoms with Crippen LogP contribution in [0.3, 0.4) is 0 Å². The molecule has 1 aromatic carbocycles. The van der Waals surface area contributed by atoms with Gasteiger partial charge < -0.3 is 28.5 Å². The number of hydrogen-bond acceptors (Lipinski definition) is 9. The molecule has 0 saturated carbocycles. The molecule has 0 aromatic heterocycles. The summed E-state index contributed by atoms with van der Waals surface area (Å²) in [6.07, 6.45) is 1.64. The Morgan fingerprint density at radius 1 is 0.818 bits per heavy atom. The number of ether oxygens (including phenoxy) is 5. The molecule has 9 nitrogen and oxygen atoms in total. The molecule has 0 N–H and O–H groups in total. The van der Waals surface area contributed by atoms with Crippen molar-refractivity contribution in [2.75, 3.05) is 92.1 Å². The van der Waals surface area contributed by atoms with E-state index in [0.29, 0.717) is 19.8 Å². The summed E-state index contributed by atoms with van der Waals surface area (Å²) < 4.78 is 28.8. The molecule has 4 aliphatic rings. The Balaban J connectivity index is 1.22. The molecule has 3 fully saturated rings. The summed E-state index contributed by atoms with van der Waals surface area (Å²) in [4.78, 5) is 10.5. The van der Waals surface area contributed by atoms with Gasteiger partial charge in [-0.1, -0.05) is 5.16 Å². The second-order valence-electron chi connectivity index (χ2n) is 9.06.